The van der Waals surface area contributed by atoms with Gasteiger partial charge in [0, 0.05) is 10.0 Å². The molecule has 1 heterocycles. The Labute approximate surface area is 132 Å². The lowest BCUT2D eigenvalue weighted by atomic mass is 10.2. The van der Waals surface area contributed by atoms with E-state index in [1.165, 1.54) is 0 Å². The Morgan fingerprint density at radius 1 is 1.05 bits per heavy atom. The molecular weight excluding hydrogens is 365 g/mol. The second-order valence-electron chi connectivity index (χ2n) is 4.10. The van der Waals surface area contributed by atoms with Crippen LogP contribution in [0.5, 0.6) is 0 Å². The number of aromatic nitrogens is 1. The third-order valence-corrected chi connectivity index (χ3v) is 3.99. The lowest BCUT2D eigenvalue weighted by Crippen LogP contribution is -2.02. The first-order chi connectivity index (χ1) is 9.54. The average Bonchev–Trinajstić information content (AvgIpc) is 2.42. The Kier molecular flexibility index (Phi) is 3.54. The molecule has 0 saturated carbocycles. The molecule has 0 aliphatic rings. The molecule has 0 spiro atoms. The van der Waals surface area contributed by atoms with Crippen molar-refractivity contribution < 1.29 is 4.42 Å². The molecule has 0 N–H and O–H groups in total. The summed E-state index contributed by atoms with van der Waals surface area (Å²) in [5.74, 6) is 0.211. The number of rotatable bonds is 1. The molecule has 0 radical (unpaired) electrons. The van der Waals surface area contributed by atoms with Crippen LogP contribution in [0, 0.1) is 0 Å². The smallest absolute Gasteiger partial charge is 0.347 e. The van der Waals surface area contributed by atoms with Crippen LogP contribution in [0.15, 0.2) is 50.1 Å². The van der Waals surface area contributed by atoms with Crippen molar-refractivity contribution in [1.82, 2.24) is 4.98 Å². The molecule has 0 aliphatic carbocycles. The van der Waals surface area contributed by atoms with Gasteiger partial charge in [0.05, 0.1) is 20.9 Å². The molecule has 0 saturated heterocycles. The highest BCUT2D eigenvalue weighted by atomic mass is 79.9. The molecule has 0 unspecified atom stereocenters. The van der Waals surface area contributed by atoms with Gasteiger partial charge in [0.2, 0.25) is 5.89 Å². The van der Waals surface area contributed by atoms with E-state index in [4.69, 9.17) is 27.6 Å². The van der Waals surface area contributed by atoms with Crippen molar-refractivity contribution in [3.05, 3.63) is 61.3 Å². The van der Waals surface area contributed by atoms with E-state index in [9.17, 15) is 4.79 Å². The normalized spacial score (nSPS) is 10.9. The average molecular weight is 371 g/mol. The summed E-state index contributed by atoms with van der Waals surface area (Å²) in [4.78, 5) is 16.3. The maximum Gasteiger partial charge on any atom is 0.347 e. The highest BCUT2D eigenvalue weighted by Crippen LogP contribution is 2.28. The van der Waals surface area contributed by atoms with Gasteiger partial charge in [0.1, 0.15) is 0 Å². The third-order valence-electron chi connectivity index (χ3n) is 2.76. The molecule has 20 heavy (non-hydrogen) atoms. The van der Waals surface area contributed by atoms with Gasteiger partial charge >= 0.3 is 5.63 Å². The standard InChI is InChI=1S/C14H6BrCl2NO2/c15-8-2-4-12-9(6-8)14(19)20-13(18-12)7-1-3-10(16)11(17)5-7/h1-6H. The zero-order valence-electron chi connectivity index (χ0n) is 9.86. The maximum atomic E-state index is 12.0. The van der Waals surface area contributed by atoms with Crippen molar-refractivity contribution in [1.29, 1.82) is 0 Å². The SMILES string of the molecule is O=c1oc(-c2ccc(Cl)c(Cl)c2)nc2ccc(Br)cc12. The highest BCUT2D eigenvalue weighted by molar-refractivity contribution is 9.10. The molecule has 3 aromatic rings. The van der Waals surface area contributed by atoms with Crippen LogP contribution in [0.1, 0.15) is 0 Å². The summed E-state index contributed by atoms with van der Waals surface area (Å²) in [5, 5.41) is 1.23. The van der Waals surface area contributed by atoms with Crippen LogP contribution >= 0.6 is 39.1 Å². The van der Waals surface area contributed by atoms with E-state index >= 15 is 0 Å². The van der Waals surface area contributed by atoms with Gasteiger partial charge in [-0.05, 0) is 36.4 Å². The lowest BCUT2D eigenvalue weighted by Gasteiger charge is -2.03. The number of hydrogen-bond acceptors (Lipinski definition) is 3. The molecule has 100 valence electrons. The van der Waals surface area contributed by atoms with Crippen molar-refractivity contribution in [2.75, 3.05) is 0 Å². The summed E-state index contributed by atoms with van der Waals surface area (Å²) < 4.78 is 6.03. The number of nitrogens with zero attached hydrogens (tertiary/aromatic N) is 1. The molecule has 2 aromatic carbocycles. The van der Waals surface area contributed by atoms with Crippen molar-refractivity contribution in [3.8, 4) is 11.5 Å². The van der Waals surface area contributed by atoms with Crippen LogP contribution in [0.25, 0.3) is 22.4 Å². The first-order valence-corrected chi connectivity index (χ1v) is 7.15. The molecule has 3 nitrogen and oxygen atoms in total. The van der Waals surface area contributed by atoms with Crippen LogP contribution in [0.3, 0.4) is 0 Å². The van der Waals surface area contributed by atoms with E-state index in [2.05, 4.69) is 20.9 Å². The van der Waals surface area contributed by atoms with Gasteiger partial charge in [-0.3, -0.25) is 0 Å². The van der Waals surface area contributed by atoms with Crippen LogP contribution in [-0.4, -0.2) is 4.98 Å². The van der Waals surface area contributed by atoms with Crippen molar-refractivity contribution in [2.24, 2.45) is 0 Å². The summed E-state index contributed by atoms with van der Waals surface area (Å²) in [6, 6.07) is 10.2. The molecule has 0 atom stereocenters. The summed E-state index contributed by atoms with van der Waals surface area (Å²) in [5.41, 5.74) is 0.712. The van der Waals surface area contributed by atoms with Crippen molar-refractivity contribution in [2.45, 2.75) is 0 Å². The van der Waals surface area contributed by atoms with E-state index < -0.39 is 5.63 Å². The monoisotopic (exact) mass is 369 g/mol. The predicted octanol–water partition coefficient (Wildman–Crippen LogP) is 4.92. The van der Waals surface area contributed by atoms with Gasteiger partial charge in [-0.2, -0.15) is 0 Å². The Morgan fingerprint density at radius 3 is 2.60 bits per heavy atom. The summed E-state index contributed by atoms with van der Waals surface area (Å²) >= 11 is 15.1. The molecule has 3 rings (SSSR count). The second-order valence-corrected chi connectivity index (χ2v) is 5.83. The Bertz CT molecular complexity index is 877. The minimum atomic E-state index is -0.447. The quantitative estimate of drug-likeness (QED) is 0.610. The zero-order valence-corrected chi connectivity index (χ0v) is 13.0. The van der Waals surface area contributed by atoms with E-state index in [1.54, 1.807) is 30.3 Å². The number of fused-ring (bicyclic) bond motifs is 1. The van der Waals surface area contributed by atoms with Gasteiger partial charge in [-0.1, -0.05) is 39.1 Å². The topological polar surface area (TPSA) is 43.1 Å². The van der Waals surface area contributed by atoms with Gasteiger partial charge in [-0.25, -0.2) is 9.78 Å². The van der Waals surface area contributed by atoms with Gasteiger partial charge in [0.25, 0.3) is 0 Å². The van der Waals surface area contributed by atoms with Crippen LogP contribution in [0.2, 0.25) is 10.0 Å². The Hall–Kier alpha value is -1.36. The molecule has 1 aromatic heterocycles. The maximum absolute atomic E-state index is 12.0. The lowest BCUT2D eigenvalue weighted by molar-refractivity contribution is 0.518. The molecular formula is C14H6BrCl2NO2. The minimum Gasteiger partial charge on any atom is -0.403 e. The molecule has 0 aliphatic heterocycles. The fourth-order valence-electron chi connectivity index (χ4n) is 1.80. The van der Waals surface area contributed by atoms with Crippen LogP contribution < -0.4 is 5.63 Å². The fourth-order valence-corrected chi connectivity index (χ4v) is 2.46. The van der Waals surface area contributed by atoms with E-state index in [0.717, 1.165) is 4.47 Å². The second kappa shape index (κ2) is 5.20. The highest BCUT2D eigenvalue weighted by Gasteiger charge is 2.10. The van der Waals surface area contributed by atoms with Crippen LogP contribution in [0.4, 0.5) is 0 Å². The number of halogens is 3. The first kappa shape index (κ1) is 13.6. The van der Waals surface area contributed by atoms with E-state index in [1.807, 2.05) is 6.07 Å². The summed E-state index contributed by atoms with van der Waals surface area (Å²) in [7, 11) is 0. The molecule has 6 heteroatoms. The fraction of sp³-hybridized carbons (Fsp3) is 0. The largest absolute Gasteiger partial charge is 0.403 e. The molecule has 0 bridgehead atoms. The molecule has 0 amide bonds. The first-order valence-electron chi connectivity index (χ1n) is 5.60. The number of benzene rings is 2. The zero-order chi connectivity index (χ0) is 14.3. The van der Waals surface area contributed by atoms with Gasteiger partial charge in [-0.15, -0.1) is 0 Å². The van der Waals surface area contributed by atoms with Crippen molar-refractivity contribution in [3.63, 3.8) is 0 Å². The third kappa shape index (κ3) is 2.46. The minimum absolute atomic E-state index is 0.211. The van der Waals surface area contributed by atoms with Crippen LogP contribution in [-0.2, 0) is 0 Å². The predicted molar refractivity (Wildman–Crippen MR) is 83.4 cm³/mol. The number of hydrogen-bond donors (Lipinski definition) is 0. The summed E-state index contributed by atoms with van der Waals surface area (Å²) in [6.07, 6.45) is 0. The van der Waals surface area contributed by atoms with Crippen molar-refractivity contribution >= 4 is 50.0 Å². The van der Waals surface area contributed by atoms with Gasteiger partial charge in [0.15, 0.2) is 0 Å². The van der Waals surface area contributed by atoms with E-state index in [0.29, 0.717) is 26.5 Å². The Balaban J connectivity index is 2.24. The van der Waals surface area contributed by atoms with Gasteiger partial charge < -0.3 is 4.42 Å². The Morgan fingerprint density at radius 2 is 1.85 bits per heavy atom. The molecule has 0 fully saturated rings. The van der Waals surface area contributed by atoms with E-state index in [-0.39, 0.29) is 5.89 Å². The summed E-state index contributed by atoms with van der Waals surface area (Å²) in [6.45, 7) is 0.